The molecule has 9 heteroatoms. The van der Waals surface area contributed by atoms with E-state index in [9.17, 15) is 0 Å². The monoisotopic (exact) mass is 523 g/mol. The van der Waals surface area contributed by atoms with E-state index in [4.69, 9.17) is 15.0 Å². The molecule has 0 unspecified atom stereocenters. The van der Waals surface area contributed by atoms with E-state index in [1.165, 1.54) is 0 Å². The maximum absolute atomic E-state index is 4.92. The molecule has 0 atom stereocenters. The van der Waals surface area contributed by atoms with Crippen LogP contribution in [0.15, 0.2) is 128 Å². The first-order valence-corrected chi connectivity index (χ1v) is 12.4. The van der Waals surface area contributed by atoms with Gasteiger partial charge in [-0.15, -0.1) is 0 Å². The molecule has 0 amide bonds. The highest BCUT2D eigenvalue weighted by Crippen LogP contribution is 2.27. The van der Waals surface area contributed by atoms with Crippen LogP contribution in [0, 0.1) is 0 Å². The Morgan fingerprint density at radius 2 is 0.725 bits per heavy atom. The maximum Gasteiger partial charge on any atom is 0.164 e. The van der Waals surface area contributed by atoms with Gasteiger partial charge < -0.3 is 0 Å². The minimum atomic E-state index is 0. The standard InChI is InChI=1S/C30H21N9.CH4/c1-7-22(19-25(10-1)37-16-4-13-31-37)28-34-29(23-8-2-11-26(20-23)38-17-5-14-32-38)36-30(35-28)24-9-3-12-27(21-24)39-18-6-15-33-39;/h1-21H;1H4. The molecule has 7 aromatic rings. The van der Waals surface area contributed by atoms with Gasteiger partial charge in [-0.05, 0) is 54.6 Å². The van der Waals surface area contributed by atoms with Crippen molar-refractivity contribution in [2.24, 2.45) is 0 Å². The molecule has 0 bridgehead atoms. The molecule has 7 rings (SSSR count). The summed E-state index contributed by atoms with van der Waals surface area (Å²) in [6, 6.07) is 29.7. The quantitative estimate of drug-likeness (QED) is 0.263. The zero-order valence-corrected chi connectivity index (χ0v) is 20.6. The molecule has 9 nitrogen and oxygen atoms in total. The van der Waals surface area contributed by atoms with Gasteiger partial charge >= 0.3 is 0 Å². The van der Waals surface area contributed by atoms with Gasteiger partial charge in [-0.2, -0.15) is 15.3 Å². The average Bonchev–Trinajstić information content (AvgIpc) is 3.81. The van der Waals surface area contributed by atoms with Crippen LogP contribution in [0.5, 0.6) is 0 Å². The number of aromatic nitrogens is 9. The van der Waals surface area contributed by atoms with Gasteiger partial charge in [0.1, 0.15) is 0 Å². The van der Waals surface area contributed by atoms with E-state index in [0.29, 0.717) is 17.5 Å². The van der Waals surface area contributed by atoms with Crippen LogP contribution in [0.25, 0.3) is 51.2 Å². The van der Waals surface area contributed by atoms with Crippen molar-refractivity contribution in [3.63, 3.8) is 0 Å². The number of rotatable bonds is 6. The van der Waals surface area contributed by atoms with Crippen molar-refractivity contribution in [3.8, 4) is 51.2 Å². The summed E-state index contributed by atoms with van der Waals surface area (Å²) in [5, 5.41) is 13.1. The van der Waals surface area contributed by atoms with Crippen molar-refractivity contribution in [1.82, 2.24) is 44.3 Å². The molecule has 0 aliphatic heterocycles. The average molecular weight is 524 g/mol. The lowest BCUT2D eigenvalue weighted by molar-refractivity contribution is 0.879. The SMILES string of the molecule is C.c1cc(-c2nc(-c3cccc(-n4cccn4)c3)nc(-c3cccc(-n4cccn4)c3)n2)cc(-n2cccn2)c1. The van der Waals surface area contributed by atoms with E-state index in [-0.39, 0.29) is 7.43 Å². The molecular weight excluding hydrogens is 498 g/mol. The van der Waals surface area contributed by atoms with Gasteiger partial charge in [0.15, 0.2) is 17.5 Å². The first-order valence-electron chi connectivity index (χ1n) is 12.4. The van der Waals surface area contributed by atoms with E-state index < -0.39 is 0 Å². The van der Waals surface area contributed by atoms with Crippen molar-refractivity contribution in [3.05, 3.63) is 128 Å². The summed E-state index contributed by atoms with van der Waals surface area (Å²) in [7, 11) is 0. The third-order valence-electron chi connectivity index (χ3n) is 6.26. The summed E-state index contributed by atoms with van der Waals surface area (Å²) in [6.45, 7) is 0. The van der Waals surface area contributed by atoms with Gasteiger partial charge in [0, 0.05) is 53.9 Å². The highest BCUT2D eigenvalue weighted by atomic mass is 15.3. The Bertz CT molecular complexity index is 1630. The number of hydrogen-bond acceptors (Lipinski definition) is 6. The third kappa shape index (κ3) is 4.79. The van der Waals surface area contributed by atoms with Gasteiger partial charge in [-0.25, -0.2) is 29.0 Å². The van der Waals surface area contributed by atoms with Crippen LogP contribution >= 0.6 is 0 Å². The molecular formula is C31H25N9. The Morgan fingerprint density at radius 1 is 0.400 bits per heavy atom. The van der Waals surface area contributed by atoms with Gasteiger partial charge in [0.05, 0.1) is 17.1 Å². The molecule has 4 heterocycles. The summed E-state index contributed by atoms with van der Waals surface area (Å²) in [4.78, 5) is 14.8. The van der Waals surface area contributed by atoms with Crippen LogP contribution in [-0.2, 0) is 0 Å². The Kier molecular flexibility index (Phi) is 6.51. The molecule has 0 spiro atoms. The molecule has 0 aliphatic rings. The molecule has 4 aromatic heterocycles. The van der Waals surface area contributed by atoms with Crippen molar-refractivity contribution >= 4 is 0 Å². The van der Waals surface area contributed by atoms with E-state index >= 15 is 0 Å². The van der Waals surface area contributed by atoms with Crippen molar-refractivity contribution in [2.45, 2.75) is 7.43 Å². The van der Waals surface area contributed by atoms with Gasteiger partial charge in [0.25, 0.3) is 0 Å². The highest BCUT2D eigenvalue weighted by Gasteiger charge is 2.14. The lowest BCUT2D eigenvalue weighted by atomic mass is 10.1. The molecule has 40 heavy (non-hydrogen) atoms. The molecule has 0 N–H and O–H groups in total. The Balaban J connectivity index is 0.00000289. The predicted molar refractivity (Wildman–Crippen MR) is 154 cm³/mol. The Hall–Kier alpha value is -5.70. The topological polar surface area (TPSA) is 92.1 Å². The fraction of sp³-hybridized carbons (Fsp3) is 0.0323. The lowest BCUT2D eigenvalue weighted by Gasteiger charge is -2.11. The Labute approximate surface area is 231 Å². The van der Waals surface area contributed by atoms with E-state index in [0.717, 1.165) is 33.8 Å². The minimum absolute atomic E-state index is 0. The number of nitrogens with zero attached hydrogens (tertiary/aromatic N) is 9. The number of hydrogen-bond donors (Lipinski definition) is 0. The zero-order chi connectivity index (χ0) is 26.0. The van der Waals surface area contributed by atoms with E-state index in [1.54, 1.807) is 18.6 Å². The van der Waals surface area contributed by atoms with Gasteiger partial charge in [0.2, 0.25) is 0 Å². The molecule has 0 aliphatic carbocycles. The first kappa shape index (κ1) is 24.6. The van der Waals surface area contributed by atoms with Crippen LogP contribution in [-0.4, -0.2) is 44.3 Å². The second kappa shape index (κ2) is 10.6. The minimum Gasteiger partial charge on any atom is -0.241 e. The second-order valence-corrected chi connectivity index (χ2v) is 8.81. The smallest absolute Gasteiger partial charge is 0.164 e. The fourth-order valence-electron chi connectivity index (χ4n) is 4.39. The molecule has 3 aromatic carbocycles. The third-order valence-corrected chi connectivity index (χ3v) is 6.26. The molecule has 0 saturated carbocycles. The van der Waals surface area contributed by atoms with E-state index in [1.807, 2.05) is 124 Å². The highest BCUT2D eigenvalue weighted by molar-refractivity contribution is 5.69. The van der Waals surface area contributed by atoms with Crippen LogP contribution < -0.4 is 0 Å². The molecule has 0 fully saturated rings. The summed E-state index contributed by atoms with van der Waals surface area (Å²) >= 11 is 0. The van der Waals surface area contributed by atoms with Crippen molar-refractivity contribution in [1.29, 1.82) is 0 Å². The number of benzene rings is 3. The lowest BCUT2D eigenvalue weighted by Crippen LogP contribution is -2.02. The molecule has 0 radical (unpaired) electrons. The zero-order valence-electron chi connectivity index (χ0n) is 20.6. The normalized spacial score (nSPS) is 10.8. The van der Waals surface area contributed by atoms with E-state index in [2.05, 4.69) is 15.3 Å². The van der Waals surface area contributed by atoms with Gasteiger partial charge in [-0.1, -0.05) is 43.8 Å². The first-order chi connectivity index (χ1) is 19.3. The second-order valence-electron chi connectivity index (χ2n) is 8.81. The maximum atomic E-state index is 4.92. The van der Waals surface area contributed by atoms with Crippen LogP contribution in [0.2, 0.25) is 0 Å². The van der Waals surface area contributed by atoms with Gasteiger partial charge in [-0.3, -0.25) is 0 Å². The van der Waals surface area contributed by atoms with Crippen LogP contribution in [0.3, 0.4) is 0 Å². The summed E-state index contributed by atoms with van der Waals surface area (Å²) in [5.41, 5.74) is 5.34. The summed E-state index contributed by atoms with van der Waals surface area (Å²) < 4.78 is 5.44. The van der Waals surface area contributed by atoms with Crippen LogP contribution in [0.1, 0.15) is 7.43 Å². The molecule has 194 valence electrons. The molecule has 0 saturated heterocycles. The predicted octanol–water partition coefficient (Wildman–Crippen LogP) is 6.07. The van der Waals surface area contributed by atoms with Crippen molar-refractivity contribution in [2.75, 3.05) is 0 Å². The Morgan fingerprint density at radius 3 is 1.00 bits per heavy atom. The fourth-order valence-corrected chi connectivity index (χ4v) is 4.39. The largest absolute Gasteiger partial charge is 0.241 e. The van der Waals surface area contributed by atoms with Crippen molar-refractivity contribution < 1.29 is 0 Å². The van der Waals surface area contributed by atoms with Crippen LogP contribution in [0.4, 0.5) is 0 Å². The summed E-state index contributed by atoms with van der Waals surface area (Å²) in [5.74, 6) is 1.70. The summed E-state index contributed by atoms with van der Waals surface area (Å²) in [6.07, 6.45) is 11.0.